The lowest BCUT2D eigenvalue weighted by Gasteiger charge is -2.10. The van der Waals surface area contributed by atoms with Crippen LogP contribution in [0, 0.1) is 74.1 Å². The predicted octanol–water partition coefficient (Wildman–Crippen LogP) is 26.6. The highest BCUT2D eigenvalue weighted by molar-refractivity contribution is 6.18. The van der Waals surface area contributed by atoms with E-state index in [4.69, 9.17) is 17.7 Å². The molecule has 12 aromatic carbocycles. The lowest BCUT2D eigenvalue weighted by Crippen LogP contribution is -2.31. The molecule has 0 saturated heterocycles. The zero-order valence-corrected chi connectivity index (χ0v) is 69.0. The lowest BCUT2D eigenvalue weighted by molar-refractivity contribution is -0.660. The molecule has 8 heterocycles. The van der Waals surface area contributed by atoms with E-state index in [2.05, 4.69) is 372 Å². The Balaban J connectivity index is 0.000000106. The molecule has 1 aliphatic rings. The minimum Gasteiger partial charge on any atom is -0.455 e. The minimum absolute atomic E-state index is 0.631. The van der Waals surface area contributed by atoms with Crippen LogP contribution >= 0.6 is 0 Å². The van der Waals surface area contributed by atoms with E-state index >= 15 is 0 Å². The first-order chi connectivity index (χ1) is 55.6. The van der Waals surface area contributed by atoms with Crippen LogP contribution in [-0.2, 0) is 41.0 Å². The highest BCUT2D eigenvalue weighted by Crippen LogP contribution is 2.45. The van der Waals surface area contributed by atoms with Crippen LogP contribution in [0.3, 0.4) is 0 Å². The van der Waals surface area contributed by atoms with Crippen molar-refractivity contribution in [3.05, 3.63) is 310 Å². The molecule has 0 unspecified atom stereocenters. The molecule has 568 valence electrons. The van der Waals surface area contributed by atoms with Crippen LogP contribution in [0.4, 0.5) is 0 Å². The minimum atomic E-state index is 0.631. The zero-order valence-electron chi connectivity index (χ0n) is 69.0. The van der Waals surface area contributed by atoms with Gasteiger partial charge in [-0.05, 0) is 234 Å². The Bertz CT molecular complexity index is 7310. The highest BCUT2D eigenvalue weighted by Gasteiger charge is 2.29. The number of hydrogen-bond donors (Lipinski definition) is 0. The normalized spacial score (nSPS) is 12.6. The van der Waals surface area contributed by atoms with Crippen LogP contribution in [0.1, 0.15) is 101 Å². The zero-order chi connectivity index (χ0) is 79.4. The molecule has 0 N–H and O–H groups in total. The van der Waals surface area contributed by atoms with Crippen LogP contribution in [-0.4, -0.2) is 0 Å². The number of pyridine rings is 4. The van der Waals surface area contributed by atoms with E-state index in [1.54, 1.807) is 0 Å². The monoisotopic (exact) mass is 1500 g/mol. The molecule has 0 radical (unpaired) electrons. The SMILES string of the molecule is Cc1cc(-c2c(C)cc(C)c3c2oc2cc4ccccc4cc23)[n+](C)cc1C.Cc1cc[n+](C)c(-c2c(C)cc(C)c3c2oc2cc4ccccc4cc23)c1.Cc1ccc2c(oc3cc4ccccc4cc32)c1-c1cc(CC(C)C)cc[n+]1C.Cc1ccc2c(oc3cc4ccccc4cc32)c1-c1cc(CC2CCCC2)cc[n+]1C. The maximum atomic E-state index is 6.54. The number of nitrogens with zero attached hydrogens (tertiary/aromatic N) is 4. The summed E-state index contributed by atoms with van der Waals surface area (Å²) in [5.74, 6) is 1.47. The van der Waals surface area contributed by atoms with Gasteiger partial charge in [-0.2, -0.15) is 0 Å². The Hall–Kier alpha value is -12.5. The molecule has 8 nitrogen and oxygen atoms in total. The third-order valence-electron chi connectivity index (χ3n) is 24.6. The maximum Gasteiger partial charge on any atom is 0.216 e. The Labute approximate surface area is 672 Å². The van der Waals surface area contributed by atoms with E-state index in [0.717, 1.165) is 57.0 Å². The fourth-order valence-electron chi connectivity index (χ4n) is 18.6. The van der Waals surface area contributed by atoms with E-state index in [9.17, 15) is 0 Å². The standard InChI is InChI=1S/C29H28NO.C27H26NO.C26H24NO.C25H22NO/c1-19-11-12-24-25-17-22-9-5-6-10-23(22)18-27(25)31-29(24)28(19)26-16-21(13-14-30(26)2)15-20-7-3-4-8-20;1-17(2)13-19-11-12-28(4)24(14-19)26-18(3)9-10-22-23-15-20-7-5-6-8-21(20)16-25(23)29-27(22)26;1-15-11-22(27(5)14-18(15)4)25-17(3)10-16(2)24-21-12-19-8-6-7-9-20(19)13-23(21)28-26(24)25;1-15-9-10-26(4)21(11-15)24-17(3)12-16(2)23-20-13-18-7-5-6-8-19(18)14-22(20)27-25(23)24/h5-6,9-14,16-18,20H,3-4,7-8,15H2,1-2H3;5-12,14-17H,13H2,1-4H3;6-14H,1-5H3;5-14H,1-4H3/q4*+1. The van der Waals surface area contributed by atoms with Gasteiger partial charge in [0.15, 0.2) is 24.8 Å². The van der Waals surface area contributed by atoms with Crippen LogP contribution in [0.15, 0.2) is 267 Å². The van der Waals surface area contributed by atoms with E-state index < -0.39 is 0 Å². The quantitative estimate of drug-likeness (QED) is 0.142. The van der Waals surface area contributed by atoms with E-state index in [0.29, 0.717) is 5.92 Å². The second-order valence-corrected chi connectivity index (χ2v) is 33.5. The third kappa shape index (κ3) is 13.6. The van der Waals surface area contributed by atoms with Crippen molar-refractivity contribution < 1.29 is 35.9 Å². The van der Waals surface area contributed by atoms with Gasteiger partial charge in [0, 0.05) is 91.1 Å². The van der Waals surface area contributed by atoms with Crippen molar-refractivity contribution in [1.82, 2.24) is 0 Å². The van der Waals surface area contributed by atoms with Gasteiger partial charge in [0.2, 0.25) is 22.8 Å². The number of hydrogen-bond acceptors (Lipinski definition) is 4. The molecule has 1 saturated carbocycles. The van der Waals surface area contributed by atoms with E-state index in [-0.39, 0.29) is 0 Å². The Morgan fingerprint density at radius 2 is 0.661 bits per heavy atom. The van der Waals surface area contributed by atoms with Crippen LogP contribution in [0.2, 0.25) is 0 Å². The molecule has 8 heteroatoms. The summed E-state index contributed by atoms with van der Waals surface area (Å²) in [5, 5.41) is 19.4. The van der Waals surface area contributed by atoms with Gasteiger partial charge in [0.1, 0.15) is 72.9 Å². The first-order valence-electron chi connectivity index (χ1n) is 41.0. The molecule has 0 aliphatic heterocycles. The first-order valence-corrected chi connectivity index (χ1v) is 41.0. The van der Waals surface area contributed by atoms with Gasteiger partial charge in [0.25, 0.3) is 0 Å². The molecule has 21 rings (SSSR count). The topological polar surface area (TPSA) is 68.1 Å². The van der Waals surface area contributed by atoms with Gasteiger partial charge in [-0.15, -0.1) is 0 Å². The summed E-state index contributed by atoms with van der Waals surface area (Å²) < 4.78 is 34.9. The van der Waals surface area contributed by atoms with Gasteiger partial charge in [-0.1, -0.05) is 173 Å². The summed E-state index contributed by atoms with van der Waals surface area (Å²) in [5.41, 5.74) is 31.5. The van der Waals surface area contributed by atoms with Crippen LogP contribution < -0.4 is 18.3 Å². The summed E-state index contributed by atoms with van der Waals surface area (Å²) in [6.07, 6.45) is 16.5. The largest absolute Gasteiger partial charge is 0.455 e. The van der Waals surface area contributed by atoms with Gasteiger partial charge in [0.05, 0.1) is 22.3 Å². The van der Waals surface area contributed by atoms with Crippen molar-refractivity contribution in [3.8, 4) is 45.0 Å². The van der Waals surface area contributed by atoms with Crippen molar-refractivity contribution in [2.45, 2.75) is 115 Å². The van der Waals surface area contributed by atoms with Crippen LogP contribution in [0.25, 0.3) is 176 Å². The molecule has 8 aromatic heterocycles. The molecule has 0 spiro atoms. The number of benzene rings is 12. The Morgan fingerprint density at radius 3 is 1.10 bits per heavy atom. The lowest BCUT2D eigenvalue weighted by atomic mass is 9.95. The number of fused-ring (bicyclic) bond motifs is 16. The fourth-order valence-corrected chi connectivity index (χ4v) is 18.6. The van der Waals surface area contributed by atoms with Crippen LogP contribution in [0.5, 0.6) is 0 Å². The van der Waals surface area contributed by atoms with Crippen molar-refractivity contribution in [2.24, 2.45) is 40.0 Å². The summed E-state index contributed by atoms with van der Waals surface area (Å²) in [4.78, 5) is 0. The summed E-state index contributed by atoms with van der Waals surface area (Å²) in [6, 6.07) is 81.0. The molecular formula is C107H100N4O4+4. The smallest absolute Gasteiger partial charge is 0.216 e. The average molecular weight is 1510 g/mol. The first kappa shape index (κ1) is 73.9. The van der Waals surface area contributed by atoms with Crippen molar-refractivity contribution in [2.75, 3.05) is 0 Å². The maximum absolute atomic E-state index is 6.54. The summed E-state index contributed by atoms with van der Waals surface area (Å²) in [7, 11) is 8.47. The van der Waals surface area contributed by atoms with Crippen molar-refractivity contribution in [1.29, 1.82) is 0 Å². The molecule has 115 heavy (non-hydrogen) atoms. The second-order valence-electron chi connectivity index (χ2n) is 33.5. The molecule has 0 amide bonds. The Morgan fingerprint density at radius 1 is 0.304 bits per heavy atom. The van der Waals surface area contributed by atoms with Gasteiger partial charge < -0.3 is 17.7 Å². The third-order valence-corrected chi connectivity index (χ3v) is 24.6. The molecule has 20 aromatic rings. The molecule has 0 atom stereocenters. The number of furan rings is 4. The highest BCUT2D eigenvalue weighted by atomic mass is 16.3. The van der Waals surface area contributed by atoms with Gasteiger partial charge in [-0.25, -0.2) is 18.3 Å². The summed E-state index contributed by atoms with van der Waals surface area (Å²) >= 11 is 0. The molecule has 1 fully saturated rings. The Kier molecular flexibility index (Phi) is 19.1. The van der Waals surface area contributed by atoms with E-state index in [1.165, 1.54) is 225 Å². The van der Waals surface area contributed by atoms with Gasteiger partial charge in [-0.3, -0.25) is 0 Å². The van der Waals surface area contributed by atoms with Crippen molar-refractivity contribution >= 4 is 131 Å². The average Bonchev–Trinajstić information content (AvgIpc) is 1.63. The molecule has 1 aliphatic carbocycles. The van der Waals surface area contributed by atoms with Gasteiger partial charge >= 0.3 is 0 Å². The number of aryl methyl sites for hydroxylation is 13. The summed E-state index contributed by atoms with van der Waals surface area (Å²) in [6.45, 7) is 24.1. The molecular weight excluding hydrogens is 1410 g/mol. The number of rotatable bonds is 8. The molecule has 0 bridgehead atoms. The number of aromatic nitrogens is 4. The fraction of sp³-hybridized carbons (Fsp3) is 0.215. The van der Waals surface area contributed by atoms with Crippen molar-refractivity contribution in [3.63, 3.8) is 0 Å². The van der Waals surface area contributed by atoms with E-state index in [1.807, 2.05) is 0 Å². The predicted molar refractivity (Wildman–Crippen MR) is 478 cm³/mol. The second kappa shape index (κ2) is 29.8.